The number of hydrogen-bond donors (Lipinski definition) is 4. The summed E-state index contributed by atoms with van der Waals surface area (Å²) in [7, 11) is 0. The van der Waals surface area contributed by atoms with Crippen LogP contribution >= 0.6 is 23.1 Å². The smallest absolute Gasteiger partial charge is 0.305 e. The molecule has 2 atom stereocenters. The fourth-order valence-corrected chi connectivity index (χ4v) is 9.24. The van der Waals surface area contributed by atoms with Crippen molar-refractivity contribution < 1.29 is 24.1 Å². The first-order chi connectivity index (χ1) is 22.8. The molecule has 3 aliphatic heterocycles. The van der Waals surface area contributed by atoms with Gasteiger partial charge in [0.2, 0.25) is 5.91 Å². The number of hydrogen-bond acceptors (Lipinski definition) is 9. The van der Waals surface area contributed by atoms with Gasteiger partial charge in [0.05, 0.1) is 28.3 Å². The average molecular weight is 679 g/mol. The van der Waals surface area contributed by atoms with Gasteiger partial charge < -0.3 is 30.2 Å². The number of phenols is 1. The van der Waals surface area contributed by atoms with Gasteiger partial charge in [0.1, 0.15) is 17.1 Å². The summed E-state index contributed by atoms with van der Waals surface area (Å²) in [4.78, 5) is 33.1. The first-order valence-electron chi connectivity index (χ1n) is 16.2. The molecule has 3 aliphatic rings. The molecule has 1 spiro atoms. The highest BCUT2D eigenvalue weighted by Crippen LogP contribution is 2.39. The fraction of sp³-hybridized carbons (Fsp3) is 0.429. The van der Waals surface area contributed by atoms with Crippen LogP contribution in [0.3, 0.4) is 0 Å². The predicted molar refractivity (Wildman–Crippen MR) is 182 cm³/mol. The maximum Gasteiger partial charge on any atom is 0.305 e. The zero-order valence-corrected chi connectivity index (χ0v) is 27.7. The zero-order chi connectivity index (χ0) is 32.5. The summed E-state index contributed by atoms with van der Waals surface area (Å²) in [5.41, 5.74) is 3.07. The molecule has 7 rings (SSSR count). The van der Waals surface area contributed by atoms with Crippen LogP contribution in [0, 0.1) is 5.82 Å². The number of amides is 1. The van der Waals surface area contributed by atoms with Crippen LogP contribution in [-0.4, -0.2) is 87.6 Å². The Labute approximate surface area is 280 Å². The summed E-state index contributed by atoms with van der Waals surface area (Å²) in [6, 6.07) is 16.9. The molecule has 0 saturated carbocycles. The molecular formula is C35H39FN4O5S2. The number of nitrogens with one attached hydrogen (secondary N) is 2. The first kappa shape index (κ1) is 32.3. The number of aliphatic hydroxyl groups is 1. The van der Waals surface area contributed by atoms with Gasteiger partial charge in [0.15, 0.2) is 0 Å². The molecule has 9 nitrogen and oxygen atoms in total. The number of aromatic amines is 1. The number of benzene rings is 3. The van der Waals surface area contributed by atoms with E-state index in [-0.39, 0.29) is 39.7 Å². The maximum atomic E-state index is 15.6. The van der Waals surface area contributed by atoms with E-state index in [4.69, 9.17) is 4.74 Å². The lowest BCUT2D eigenvalue weighted by atomic mass is 9.88. The molecule has 1 aromatic heterocycles. The molecule has 47 heavy (non-hydrogen) atoms. The van der Waals surface area contributed by atoms with Gasteiger partial charge in [-0.2, -0.15) is 0 Å². The molecule has 0 aliphatic carbocycles. The number of rotatable bonds is 9. The van der Waals surface area contributed by atoms with E-state index in [0.717, 1.165) is 43.7 Å². The van der Waals surface area contributed by atoms with Crippen LogP contribution in [0.1, 0.15) is 41.2 Å². The van der Waals surface area contributed by atoms with E-state index in [1.165, 1.54) is 16.5 Å². The highest BCUT2D eigenvalue weighted by atomic mass is 32.2. The van der Waals surface area contributed by atoms with Crippen molar-refractivity contribution in [2.24, 2.45) is 0 Å². The number of morpholine rings is 1. The Morgan fingerprint density at radius 1 is 1.11 bits per heavy atom. The van der Waals surface area contributed by atoms with E-state index in [0.29, 0.717) is 66.1 Å². The Hall–Kier alpha value is -3.26. The summed E-state index contributed by atoms with van der Waals surface area (Å²) in [6.45, 7) is 4.53. The molecule has 0 radical (unpaired) electrons. The molecule has 248 valence electrons. The van der Waals surface area contributed by atoms with Crippen LogP contribution in [0.5, 0.6) is 5.75 Å². The topological polar surface area (TPSA) is 118 Å². The molecule has 1 amide bonds. The second-order valence-corrected chi connectivity index (χ2v) is 15.0. The number of carbonyl (C=O) groups excluding carboxylic acids is 1. The van der Waals surface area contributed by atoms with Gasteiger partial charge in [0.25, 0.3) is 0 Å². The van der Waals surface area contributed by atoms with E-state index in [2.05, 4.69) is 27.3 Å². The number of aliphatic hydroxyl groups excluding tert-OH is 1. The third-order valence-corrected chi connectivity index (χ3v) is 11.9. The predicted octanol–water partition coefficient (Wildman–Crippen LogP) is 4.21. The summed E-state index contributed by atoms with van der Waals surface area (Å²) in [6.07, 6.45) is 1.95. The largest absolute Gasteiger partial charge is 0.506 e. The Kier molecular flexibility index (Phi) is 9.41. The number of halogens is 1. The number of thioether (sulfide) groups is 1. The lowest BCUT2D eigenvalue weighted by Gasteiger charge is -2.47. The lowest BCUT2D eigenvalue weighted by Crippen LogP contribution is -2.59. The highest BCUT2D eigenvalue weighted by Gasteiger charge is 2.43. The normalized spacial score (nSPS) is 20.1. The number of piperidine rings is 1. The molecule has 1 unspecified atom stereocenters. The molecule has 3 aromatic carbocycles. The van der Waals surface area contributed by atoms with Crippen molar-refractivity contribution in [3.05, 3.63) is 92.3 Å². The number of fused-ring (bicyclic) bond motifs is 2. The van der Waals surface area contributed by atoms with Crippen LogP contribution in [0.4, 0.5) is 4.39 Å². The number of phenolic OH excluding ortho intramolecular Hbond substituents is 1. The Balaban J connectivity index is 0.892. The number of aromatic hydroxyl groups is 1. The quantitative estimate of drug-likeness (QED) is 0.195. The van der Waals surface area contributed by atoms with E-state index < -0.39 is 6.10 Å². The summed E-state index contributed by atoms with van der Waals surface area (Å²) >= 11 is 2.63. The fourth-order valence-electron chi connectivity index (χ4n) is 7.04. The van der Waals surface area contributed by atoms with E-state index in [9.17, 15) is 19.8 Å². The van der Waals surface area contributed by atoms with Gasteiger partial charge in [-0.05, 0) is 55.5 Å². The van der Waals surface area contributed by atoms with Crippen LogP contribution in [0.25, 0.3) is 10.2 Å². The van der Waals surface area contributed by atoms with Gasteiger partial charge in [-0.1, -0.05) is 53.8 Å². The first-order valence-corrected chi connectivity index (χ1v) is 17.9. The van der Waals surface area contributed by atoms with Crippen molar-refractivity contribution in [2.45, 2.75) is 54.1 Å². The number of likely N-dealkylation sites (tertiary alicyclic amines) is 1. The van der Waals surface area contributed by atoms with Gasteiger partial charge in [-0.25, -0.2) is 4.39 Å². The summed E-state index contributed by atoms with van der Waals surface area (Å²) < 4.78 is 22.5. The number of thiazole rings is 1. The van der Waals surface area contributed by atoms with Gasteiger partial charge in [-0.15, -0.1) is 11.8 Å². The monoisotopic (exact) mass is 678 g/mol. The van der Waals surface area contributed by atoms with Crippen LogP contribution in [-0.2, 0) is 28.9 Å². The van der Waals surface area contributed by atoms with E-state index in [1.54, 1.807) is 23.9 Å². The minimum Gasteiger partial charge on any atom is -0.506 e. The Morgan fingerprint density at radius 3 is 2.74 bits per heavy atom. The van der Waals surface area contributed by atoms with Crippen LogP contribution in [0.2, 0.25) is 0 Å². The minimum absolute atomic E-state index is 0.0344. The SMILES string of the molecule is O=C(C1Cc2ccccc2S1)N1CCOC2(CCN(Cc3cccc(CCNC[C@H](O)c4ccc(O)c5[nH]c(=O)sc45)c3F)CC2)C1. The molecule has 4 N–H and O–H groups in total. The molecule has 4 aromatic rings. The second-order valence-electron chi connectivity index (χ2n) is 12.7. The Morgan fingerprint density at radius 2 is 1.91 bits per heavy atom. The van der Waals surface area contributed by atoms with Crippen LogP contribution < -0.4 is 10.2 Å². The van der Waals surface area contributed by atoms with E-state index in [1.807, 2.05) is 29.2 Å². The number of carbonyl (C=O) groups is 1. The van der Waals surface area contributed by atoms with Crippen LogP contribution in [0.15, 0.2) is 64.3 Å². The Bertz CT molecular complexity index is 1800. The number of ether oxygens (including phenoxy) is 1. The standard InChI is InChI=1S/C35H39FN4O5S2/c36-30-22(10-13-37-19-27(42)25-8-9-26(41)31-32(25)47-34(44)38-31)5-3-6-24(30)20-39-14-11-35(12-15-39)21-40(16-17-45-35)33(43)29-18-23-4-1-2-7-28(23)46-29/h1-9,27,29,37,41-42H,10-21H2,(H,38,44)/t27-,29?/m0/s1. The molecule has 2 fully saturated rings. The zero-order valence-electron chi connectivity index (χ0n) is 26.0. The van der Waals surface area contributed by atoms with Crippen molar-refractivity contribution in [2.75, 3.05) is 45.9 Å². The summed E-state index contributed by atoms with van der Waals surface area (Å²) in [5.74, 6) is -0.0306. The van der Waals surface area contributed by atoms with Crippen molar-refractivity contribution >= 4 is 39.2 Å². The number of aromatic nitrogens is 1. The molecule has 0 bridgehead atoms. The molecule has 12 heteroatoms. The molecular weight excluding hydrogens is 640 g/mol. The average Bonchev–Trinajstić information content (AvgIpc) is 3.70. The lowest BCUT2D eigenvalue weighted by molar-refractivity contribution is -0.159. The van der Waals surface area contributed by atoms with E-state index >= 15 is 4.39 Å². The highest BCUT2D eigenvalue weighted by molar-refractivity contribution is 8.01. The number of H-pyrrole nitrogens is 1. The van der Waals surface area contributed by atoms with Gasteiger partial charge in [0, 0.05) is 55.3 Å². The summed E-state index contributed by atoms with van der Waals surface area (Å²) in [5, 5.41) is 23.9. The van der Waals surface area contributed by atoms with Crippen molar-refractivity contribution in [3.63, 3.8) is 0 Å². The van der Waals surface area contributed by atoms with Gasteiger partial charge in [-0.3, -0.25) is 14.5 Å². The van der Waals surface area contributed by atoms with Crippen molar-refractivity contribution in [1.82, 2.24) is 20.1 Å². The molecule has 2 saturated heterocycles. The second kappa shape index (κ2) is 13.7. The maximum absolute atomic E-state index is 15.6. The molecule has 4 heterocycles. The number of nitrogens with zero attached hydrogens (tertiary/aromatic N) is 2. The minimum atomic E-state index is -0.889. The third-order valence-electron chi connectivity index (χ3n) is 9.66. The van der Waals surface area contributed by atoms with Crippen molar-refractivity contribution in [3.8, 4) is 5.75 Å². The van der Waals surface area contributed by atoms with Crippen molar-refractivity contribution in [1.29, 1.82) is 0 Å². The van der Waals surface area contributed by atoms with Gasteiger partial charge >= 0.3 is 4.87 Å². The third kappa shape index (κ3) is 6.85.